The monoisotopic (exact) mass is 195 g/mol. The Morgan fingerprint density at radius 2 is 2.14 bits per heavy atom. The Bertz CT molecular complexity index is 361. The molecule has 1 saturated carbocycles. The Kier molecular flexibility index (Phi) is 2.19. The number of phenols is 1. The van der Waals surface area contributed by atoms with Crippen LogP contribution in [0.1, 0.15) is 30.0 Å². The molecule has 0 bridgehead atoms. The van der Waals surface area contributed by atoms with Crippen molar-refractivity contribution in [1.29, 1.82) is 0 Å². The van der Waals surface area contributed by atoms with E-state index in [4.69, 9.17) is 5.73 Å². The van der Waals surface area contributed by atoms with E-state index in [1.54, 1.807) is 19.1 Å². The van der Waals surface area contributed by atoms with E-state index in [1.165, 1.54) is 0 Å². The summed E-state index contributed by atoms with van der Waals surface area (Å²) in [5, 5.41) is 9.57. The molecule has 14 heavy (non-hydrogen) atoms. The lowest BCUT2D eigenvalue weighted by Crippen LogP contribution is -2.13. The summed E-state index contributed by atoms with van der Waals surface area (Å²) in [4.78, 5) is 0. The van der Waals surface area contributed by atoms with Crippen LogP contribution in [0.25, 0.3) is 0 Å². The molecule has 0 aromatic heterocycles. The lowest BCUT2D eigenvalue weighted by atomic mass is 10.0. The Morgan fingerprint density at radius 1 is 1.50 bits per heavy atom. The normalized spacial score (nSPS) is 18.2. The summed E-state index contributed by atoms with van der Waals surface area (Å²) in [5.41, 5.74) is 6.88. The lowest BCUT2D eigenvalue weighted by Gasteiger charge is -2.13. The van der Waals surface area contributed by atoms with Crippen LogP contribution in [-0.4, -0.2) is 5.11 Å². The predicted octanol–water partition coefficient (Wildman–Crippen LogP) is 2.25. The van der Waals surface area contributed by atoms with E-state index in [9.17, 15) is 9.50 Å². The van der Waals surface area contributed by atoms with Crippen LogP contribution in [0.15, 0.2) is 12.1 Å². The summed E-state index contributed by atoms with van der Waals surface area (Å²) in [6.07, 6.45) is 2.16. The highest BCUT2D eigenvalue weighted by Gasteiger charge is 2.31. The van der Waals surface area contributed by atoms with E-state index < -0.39 is 5.82 Å². The number of halogens is 1. The molecule has 0 spiro atoms. The van der Waals surface area contributed by atoms with E-state index in [0.717, 1.165) is 12.8 Å². The number of aryl methyl sites for hydroxylation is 1. The summed E-state index contributed by atoms with van der Waals surface area (Å²) in [6, 6.07) is 3.16. The van der Waals surface area contributed by atoms with Gasteiger partial charge in [0.15, 0.2) is 11.6 Å². The molecule has 0 unspecified atom stereocenters. The summed E-state index contributed by atoms with van der Waals surface area (Å²) in [7, 11) is 0. The van der Waals surface area contributed by atoms with Crippen LogP contribution in [0, 0.1) is 18.7 Å². The maximum Gasteiger partial charge on any atom is 0.168 e. The molecule has 1 aliphatic carbocycles. The van der Waals surface area contributed by atoms with Crippen molar-refractivity contribution in [2.24, 2.45) is 11.7 Å². The van der Waals surface area contributed by atoms with Crippen LogP contribution in [0.5, 0.6) is 5.75 Å². The number of benzene rings is 1. The average Bonchev–Trinajstić information content (AvgIpc) is 2.97. The van der Waals surface area contributed by atoms with Gasteiger partial charge in [-0.15, -0.1) is 0 Å². The van der Waals surface area contributed by atoms with Gasteiger partial charge in [0.25, 0.3) is 0 Å². The van der Waals surface area contributed by atoms with Gasteiger partial charge in [-0.3, -0.25) is 0 Å². The van der Waals surface area contributed by atoms with Gasteiger partial charge in [0, 0.05) is 11.6 Å². The van der Waals surface area contributed by atoms with Gasteiger partial charge in [0.1, 0.15) is 0 Å². The first-order valence-electron chi connectivity index (χ1n) is 4.85. The number of nitrogens with two attached hydrogens (primary N) is 1. The van der Waals surface area contributed by atoms with Crippen molar-refractivity contribution in [3.8, 4) is 5.75 Å². The highest BCUT2D eigenvalue weighted by Crippen LogP contribution is 2.42. The third kappa shape index (κ3) is 1.48. The SMILES string of the molecule is Cc1ccc([C@H](N)C2CC2)c(O)c1F. The smallest absolute Gasteiger partial charge is 0.168 e. The fourth-order valence-corrected chi connectivity index (χ4v) is 1.66. The summed E-state index contributed by atoms with van der Waals surface area (Å²) in [6.45, 7) is 1.63. The van der Waals surface area contributed by atoms with Gasteiger partial charge in [0.05, 0.1) is 0 Å². The Labute approximate surface area is 82.5 Å². The van der Waals surface area contributed by atoms with Crippen LogP contribution >= 0.6 is 0 Å². The standard InChI is InChI=1S/C11H14FNO/c1-6-2-5-8(11(14)9(6)12)10(13)7-3-4-7/h2,5,7,10,14H,3-4,13H2,1H3/t10-/m1/s1. The molecule has 1 atom stereocenters. The van der Waals surface area contributed by atoms with Crippen molar-refractivity contribution in [3.63, 3.8) is 0 Å². The molecule has 2 rings (SSSR count). The number of rotatable bonds is 2. The number of hydrogen-bond acceptors (Lipinski definition) is 2. The molecule has 2 nitrogen and oxygen atoms in total. The predicted molar refractivity (Wildman–Crippen MR) is 52.5 cm³/mol. The molecule has 0 amide bonds. The van der Waals surface area contributed by atoms with E-state index in [1.807, 2.05) is 0 Å². The van der Waals surface area contributed by atoms with Crippen LogP contribution in [0.2, 0.25) is 0 Å². The average molecular weight is 195 g/mol. The quantitative estimate of drug-likeness (QED) is 0.760. The summed E-state index contributed by atoms with van der Waals surface area (Å²) >= 11 is 0. The first-order chi connectivity index (χ1) is 6.61. The van der Waals surface area contributed by atoms with Crippen molar-refractivity contribution in [2.75, 3.05) is 0 Å². The number of phenolic OH excluding ortho intramolecular Hbond substituents is 1. The van der Waals surface area contributed by atoms with Gasteiger partial charge in [0.2, 0.25) is 0 Å². The Morgan fingerprint density at radius 3 is 2.71 bits per heavy atom. The van der Waals surface area contributed by atoms with Gasteiger partial charge in [-0.2, -0.15) is 0 Å². The molecule has 0 radical (unpaired) electrons. The molecular weight excluding hydrogens is 181 g/mol. The molecule has 0 saturated heterocycles. The van der Waals surface area contributed by atoms with Crippen molar-refractivity contribution in [1.82, 2.24) is 0 Å². The maximum absolute atomic E-state index is 13.3. The lowest BCUT2D eigenvalue weighted by molar-refractivity contribution is 0.415. The van der Waals surface area contributed by atoms with Crippen LogP contribution in [0.4, 0.5) is 4.39 Å². The zero-order valence-electron chi connectivity index (χ0n) is 8.13. The molecule has 1 aromatic carbocycles. The fraction of sp³-hybridized carbons (Fsp3) is 0.455. The Hall–Kier alpha value is -1.09. The third-order valence-corrected chi connectivity index (χ3v) is 2.83. The van der Waals surface area contributed by atoms with Crippen molar-refractivity contribution in [3.05, 3.63) is 29.1 Å². The molecule has 3 heteroatoms. The van der Waals surface area contributed by atoms with Gasteiger partial charge in [-0.1, -0.05) is 12.1 Å². The highest BCUT2D eigenvalue weighted by atomic mass is 19.1. The molecule has 1 fully saturated rings. The molecule has 0 aliphatic heterocycles. The van der Waals surface area contributed by atoms with Gasteiger partial charge in [-0.05, 0) is 31.2 Å². The van der Waals surface area contributed by atoms with Gasteiger partial charge >= 0.3 is 0 Å². The molecule has 76 valence electrons. The van der Waals surface area contributed by atoms with Gasteiger partial charge < -0.3 is 10.8 Å². The molecule has 1 aromatic rings. The van der Waals surface area contributed by atoms with E-state index in [0.29, 0.717) is 17.0 Å². The first-order valence-corrected chi connectivity index (χ1v) is 4.85. The maximum atomic E-state index is 13.3. The minimum absolute atomic E-state index is 0.218. The molecular formula is C11H14FNO. The third-order valence-electron chi connectivity index (χ3n) is 2.83. The molecule has 1 aliphatic rings. The minimum Gasteiger partial charge on any atom is -0.505 e. The van der Waals surface area contributed by atoms with Crippen LogP contribution in [-0.2, 0) is 0 Å². The number of hydrogen-bond donors (Lipinski definition) is 2. The topological polar surface area (TPSA) is 46.2 Å². The van der Waals surface area contributed by atoms with Crippen molar-refractivity contribution in [2.45, 2.75) is 25.8 Å². The second kappa shape index (κ2) is 3.24. The van der Waals surface area contributed by atoms with Crippen molar-refractivity contribution < 1.29 is 9.50 Å². The zero-order valence-corrected chi connectivity index (χ0v) is 8.13. The molecule has 3 N–H and O–H groups in total. The highest BCUT2D eigenvalue weighted by molar-refractivity contribution is 5.40. The first kappa shape index (κ1) is 9.46. The molecule has 0 heterocycles. The number of aromatic hydroxyl groups is 1. The van der Waals surface area contributed by atoms with Crippen LogP contribution in [0.3, 0.4) is 0 Å². The van der Waals surface area contributed by atoms with Crippen LogP contribution < -0.4 is 5.73 Å². The largest absolute Gasteiger partial charge is 0.505 e. The zero-order chi connectivity index (χ0) is 10.3. The van der Waals surface area contributed by atoms with E-state index in [2.05, 4.69) is 0 Å². The minimum atomic E-state index is -0.543. The van der Waals surface area contributed by atoms with E-state index >= 15 is 0 Å². The van der Waals surface area contributed by atoms with E-state index in [-0.39, 0.29) is 11.8 Å². The van der Waals surface area contributed by atoms with Gasteiger partial charge in [-0.25, -0.2) is 4.39 Å². The second-order valence-electron chi connectivity index (χ2n) is 4.00. The summed E-state index contributed by atoms with van der Waals surface area (Å²) in [5.74, 6) is -0.397. The van der Waals surface area contributed by atoms with Crippen molar-refractivity contribution >= 4 is 0 Å². The fourth-order valence-electron chi connectivity index (χ4n) is 1.66. The Balaban J connectivity index is 2.38. The second-order valence-corrected chi connectivity index (χ2v) is 4.00. The summed E-state index contributed by atoms with van der Waals surface area (Å²) < 4.78 is 13.3.